The van der Waals surface area contributed by atoms with E-state index < -0.39 is 0 Å². The smallest absolute Gasteiger partial charge is 0.130 e. The minimum absolute atomic E-state index is 0.0458. The first-order valence-electron chi connectivity index (χ1n) is 7.07. The molecule has 3 nitrogen and oxygen atoms in total. The Hall–Kier alpha value is -1.03. The molecule has 1 aromatic carbocycles. The maximum absolute atomic E-state index is 7.68. The number of rotatable bonds is 3. The summed E-state index contributed by atoms with van der Waals surface area (Å²) in [6.45, 7) is 6.88. The molecule has 0 amide bonds. The molecule has 2 rings (SSSR count). The van der Waals surface area contributed by atoms with E-state index in [1.54, 1.807) is 0 Å². The average Bonchev–Trinajstić information content (AvgIpc) is 2.28. The molecule has 1 aliphatic carbocycles. The van der Waals surface area contributed by atoms with E-state index in [2.05, 4.69) is 36.7 Å². The van der Waals surface area contributed by atoms with Crippen molar-refractivity contribution < 1.29 is 4.74 Å². The topological polar surface area (TPSA) is 59.1 Å². The van der Waals surface area contributed by atoms with Crippen LogP contribution in [0.3, 0.4) is 0 Å². The molecule has 0 saturated heterocycles. The lowest BCUT2D eigenvalue weighted by molar-refractivity contribution is 0.0561. The van der Waals surface area contributed by atoms with Gasteiger partial charge < -0.3 is 10.5 Å². The van der Waals surface area contributed by atoms with Gasteiger partial charge in [-0.1, -0.05) is 36.7 Å². The molecular weight excluding hydrogens is 316 g/mol. The van der Waals surface area contributed by atoms with Crippen LogP contribution in [0.1, 0.15) is 45.6 Å². The van der Waals surface area contributed by atoms with E-state index in [4.69, 9.17) is 15.9 Å². The second-order valence-electron chi connectivity index (χ2n) is 6.71. The molecule has 4 heteroatoms. The van der Waals surface area contributed by atoms with Crippen LogP contribution in [0.5, 0.6) is 5.75 Å². The summed E-state index contributed by atoms with van der Waals surface area (Å²) in [7, 11) is 0. The molecule has 0 spiro atoms. The Morgan fingerprint density at radius 1 is 1.40 bits per heavy atom. The summed E-state index contributed by atoms with van der Waals surface area (Å²) in [6.07, 6.45) is 3.56. The molecule has 110 valence electrons. The van der Waals surface area contributed by atoms with E-state index in [0.29, 0.717) is 16.9 Å². The number of nitrogens with one attached hydrogen (secondary N) is 1. The molecule has 0 aliphatic heterocycles. The third-order valence-electron chi connectivity index (χ3n) is 3.87. The van der Waals surface area contributed by atoms with Gasteiger partial charge in [0.25, 0.3) is 0 Å². The van der Waals surface area contributed by atoms with Gasteiger partial charge in [-0.05, 0) is 48.8 Å². The molecule has 1 saturated carbocycles. The van der Waals surface area contributed by atoms with Crippen LogP contribution in [-0.2, 0) is 0 Å². The van der Waals surface area contributed by atoms with Gasteiger partial charge in [-0.3, -0.25) is 5.41 Å². The largest absolute Gasteiger partial charge is 0.490 e. The van der Waals surface area contributed by atoms with E-state index in [1.165, 1.54) is 6.42 Å². The minimum Gasteiger partial charge on any atom is -0.490 e. The lowest BCUT2D eigenvalue weighted by Gasteiger charge is -2.39. The average molecular weight is 339 g/mol. The zero-order chi connectivity index (χ0) is 14.9. The third kappa shape index (κ3) is 3.75. The maximum Gasteiger partial charge on any atom is 0.130 e. The van der Waals surface area contributed by atoms with E-state index in [1.807, 2.05) is 18.2 Å². The number of nitrogen functional groups attached to an aromatic ring is 1. The van der Waals surface area contributed by atoms with E-state index in [-0.39, 0.29) is 11.9 Å². The summed E-state index contributed by atoms with van der Waals surface area (Å²) >= 11 is 3.41. The zero-order valence-electron chi connectivity index (χ0n) is 12.4. The molecule has 0 radical (unpaired) electrons. The predicted octanol–water partition coefficient (Wildman–Crippen LogP) is 4.33. The molecule has 1 aliphatic rings. The van der Waals surface area contributed by atoms with Crippen molar-refractivity contribution >= 4 is 21.8 Å². The quantitative estimate of drug-likeness (QED) is 0.636. The summed E-state index contributed by atoms with van der Waals surface area (Å²) < 4.78 is 7.08. The molecule has 1 fully saturated rings. The third-order valence-corrected chi connectivity index (χ3v) is 4.37. The summed E-state index contributed by atoms with van der Waals surface area (Å²) in [5, 5.41) is 7.68. The Bertz CT molecular complexity index is 513. The van der Waals surface area contributed by atoms with E-state index >= 15 is 0 Å². The summed E-state index contributed by atoms with van der Waals surface area (Å²) in [5.74, 6) is 1.43. The molecule has 2 unspecified atom stereocenters. The van der Waals surface area contributed by atoms with Crippen LogP contribution in [-0.4, -0.2) is 11.9 Å². The monoisotopic (exact) mass is 338 g/mol. The van der Waals surface area contributed by atoms with Crippen molar-refractivity contribution in [3.8, 4) is 5.75 Å². The highest BCUT2D eigenvalue weighted by Crippen LogP contribution is 2.40. The fourth-order valence-corrected chi connectivity index (χ4v) is 3.70. The van der Waals surface area contributed by atoms with Crippen LogP contribution in [0.15, 0.2) is 22.7 Å². The fourth-order valence-electron chi connectivity index (χ4n) is 3.34. The highest BCUT2D eigenvalue weighted by atomic mass is 79.9. The van der Waals surface area contributed by atoms with Crippen LogP contribution in [0.2, 0.25) is 0 Å². The molecule has 1 aromatic rings. The number of nitrogens with two attached hydrogens (primary N) is 1. The lowest BCUT2D eigenvalue weighted by Crippen LogP contribution is -2.34. The van der Waals surface area contributed by atoms with Crippen LogP contribution < -0.4 is 10.5 Å². The normalized spacial score (nSPS) is 25.2. The summed E-state index contributed by atoms with van der Waals surface area (Å²) in [5.41, 5.74) is 6.63. The molecule has 3 N–H and O–H groups in total. The number of halogens is 1. The van der Waals surface area contributed by atoms with Gasteiger partial charge in [0.1, 0.15) is 11.6 Å². The number of benzene rings is 1. The van der Waals surface area contributed by atoms with Crippen molar-refractivity contribution in [3.05, 3.63) is 28.2 Å². The Labute approximate surface area is 129 Å². The van der Waals surface area contributed by atoms with Crippen molar-refractivity contribution in [2.45, 2.75) is 46.1 Å². The molecule has 0 bridgehead atoms. The maximum atomic E-state index is 7.68. The Balaban J connectivity index is 2.19. The van der Waals surface area contributed by atoms with Crippen molar-refractivity contribution in [3.63, 3.8) is 0 Å². The van der Waals surface area contributed by atoms with E-state index in [9.17, 15) is 0 Å². The minimum atomic E-state index is 0.0458. The Morgan fingerprint density at radius 3 is 2.70 bits per heavy atom. The van der Waals surface area contributed by atoms with Crippen LogP contribution in [0.25, 0.3) is 0 Å². The molecular formula is C16H23BrN2O. The number of ether oxygens (including phenoxy) is 1. The van der Waals surface area contributed by atoms with E-state index in [0.717, 1.165) is 23.1 Å². The van der Waals surface area contributed by atoms with Crippen molar-refractivity contribution in [2.24, 2.45) is 17.1 Å². The summed E-state index contributed by atoms with van der Waals surface area (Å²) in [4.78, 5) is 0. The van der Waals surface area contributed by atoms with Gasteiger partial charge in [0, 0.05) is 4.47 Å². The van der Waals surface area contributed by atoms with Crippen molar-refractivity contribution in [2.75, 3.05) is 0 Å². The van der Waals surface area contributed by atoms with Gasteiger partial charge in [0.2, 0.25) is 0 Å². The van der Waals surface area contributed by atoms with Gasteiger partial charge in [0.15, 0.2) is 0 Å². The van der Waals surface area contributed by atoms with Crippen molar-refractivity contribution in [1.82, 2.24) is 0 Å². The highest BCUT2D eigenvalue weighted by molar-refractivity contribution is 9.10. The van der Waals surface area contributed by atoms with Gasteiger partial charge >= 0.3 is 0 Å². The molecule has 2 atom stereocenters. The standard InChI is InChI=1S/C16H23BrN2O/c1-10-6-12(9-16(2,3)8-10)20-14-5-4-11(17)7-13(14)15(18)19/h4-5,7,10,12H,6,8-9H2,1-3H3,(H3,18,19). The Kier molecular flexibility index (Phi) is 4.43. The van der Waals surface area contributed by atoms with Gasteiger partial charge in [-0.25, -0.2) is 0 Å². The van der Waals surface area contributed by atoms with Gasteiger partial charge in [-0.15, -0.1) is 0 Å². The molecule has 0 aromatic heterocycles. The highest BCUT2D eigenvalue weighted by Gasteiger charge is 2.33. The number of amidine groups is 1. The zero-order valence-corrected chi connectivity index (χ0v) is 14.0. The second kappa shape index (κ2) is 5.76. The van der Waals surface area contributed by atoms with Crippen LogP contribution in [0.4, 0.5) is 0 Å². The predicted molar refractivity (Wildman–Crippen MR) is 86.4 cm³/mol. The molecule has 0 heterocycles. The lowest BCUT2D eigenvalue weighted by atomic mass is 9.71. The van der Waals surface area contributed by atoms with Gasteiger partial charge in [-0.2, -0.15) is 0 Å². The SMILES string of the molecule is CC1CC(Oc2ccc(Br)cc2C(=N)N)CC(C)(C)C1. The first kappa shape index (κ1) is 15.4. The summed E-state index contributed by atoms with van der Waals surface area (Å²) in [6, 6.07) is 5.67. The second-order valence-corrected chi connectivity index (χ2v) is 7.62. The molecule has 20 heavy (non-hydrogen) atoms. The van der Waals surface area contributed by atoms with Gasteiger partial charge in [0.05, 0.1) is 11.7 Å². The fraction of sp³-hybridized carbons (Fsp3) is 0.562. The van der Waals surface area contributed by atoms with Crippen LogP contribution in [0, 0.1) is 16.7 Å². The van der Waals surface area contributed by atoms with Crippen LogP contribution >= 0.6 is 15.9 Å². The number of hydrogen-bond donors (Lipinski definition) is 2. The Morgan fingerprint density at radius 2 is 2.10 bits per heavy atom. The first-order valence-corrected chi connectivity index (χ1v) is 7.87. The van der Waals surface area contributed by atoms with Crippen molar-refractivity contribution in [1.29, 1.82) is 5.41 Å². The first-order chi connectivity index (χ1) is 9.27. The number of hydrogen-bond acceptors (Lipinski definition) is 2.